The average molecular weight is 403 g/mol. The van der Waals surface area contributed by atoms with E-state index in [2.05, 4.69) is 10.3 Å². The van der Waals surface area contributed by atoms with Crippen LogP contribution in [0.5, 0.6) is 0 Å². The first-order valence-electron chi connectivity index (χ1n) is 9.86. The number of primary amides is 1. The number of aromatic nitrogens is 1. The number of nitrogens with zero attached hydrogens (tertiary/aromatic N) is 1. The zero-order valence-corrected chi connectivity index (χ0v) is 17.4. The molecule has 3 aromatic rings. The second-order valence-electron chi connectivity index (χ2n) is 6.92. The van der Waals surface area contributed by atoms with Crippen LogP contribution < -0.4 is 11.1 Å². The average Bonchev–Trinajstić information content (AvgIpc) is 2.75. The van der Waals surface area contributed by atoms with E-state index in [0.717, 1.165) is 34.5 Å². The van der Waals surface area contributed by atoms with Gasteiger partial charge in [-0.1, -0.05) is 30.7 Å². The molecule has 6 nitrogen and oxygen atoms in total. The summed E-state index contributed by atoms with van der Waals surface area (Å²) in [6.07, 6.45) is 2.46. The molecule has 0 aliphatic carbocycles. The number of amides is 1. The summed E-state index contributed by atoms with van der Waals surface area (Å²) in [4.78, 5) is 28.5. The van der Waals surface area contributed by atoms with Gasteiger partial charge >= 0.3 is 5.97 Å². The van der Waals surface area contributed by atoms with Crippen LogP contribution in [-0.4, -0.2) is 23.5 Å². The molecule has 1 amide bonds. The highest BCUT2D eigenvalue weighted by Crippen LogP contribution is 2.28. The van der Waals surface area contributed by atoms with Gasteiger partial charge in [-0.3, -0.25) is 9.78 Å². The van der Waals surface area contributed by atoms with E-state index in [1.807, 2.05) is 38.1 Å². The second kappa shape index (κ2) is 9.22. The minimum absolute atomic E-state index is 0.312. The lowest BCUT2D eigenvalue weighted by Gasteiger charge is -2.14. The van der Waals surface area contributed by atoms with Crippen molar-refractivity contribution in [2.75, 3.05) is 11.9 Å². The number of pyridine rings is 1. The summed E-state index contributed by atoms with van der Waals surface area (Å²) in [6.45, 7) is 6.06. The van der Waals surface area contributed by atoms with E-state index in [-0.39, 0.29) is 5.97 Å². The molecule has 3 rings (SSSR count). The molecule has 0 bridgehead atoms. The first-order chi connectivity index (χ1) is 14.4. The van der Waals surface area contributed by atoms with Crippen LogP contribution in [0.4, 0.5) is 11.4 Å². The molecule has 0 saturated heterocycles. The van der Waals surface area contributed by atoms with Crippen molar-refractivity contribution in [1.82, 2.24) is 4.98 Å². The third kappa shape index (κ3) is 4.66. The molecular weight excluding hydrogens is 378 g/mol. The number of ether oxygens (including phenoxy) is 1. The van der Waals surface area contributed by atoms with E-state index >= 15 is 0 Å². The maximum absolute atomic E-state index is 12.3. The van der Waals surface area contributed by atoms with E-state index in [1.54, 1.807) is 37.4 Å². The van der Waals surface area contributed by atoms with Crippen LogP contribution in [0, 0.1) is 6.92 Å². The van der Waals surface area contributed by atoms with Gasteiger partial charge in [0.1, 0.15) is 0 Å². The van der Waals surface area contributed by atoms with Crippen molar-refractivity contribution in [3.63, 3.8) is 0 Å². The fourth-order valence-electron chi connectivity index (χ4n) is 3.23. The summed E-state index contributed by atoms with van der Waals surface area (Å²) in [5.41, 5.74) is 11.3. The molecule has 2 aromatic carbocycles. The van der Waals surface area contributed by atoms with Crippen LogP contribution in [0.3, 0.4) is 0 Å². The molecule has 0 unspecified atom stereocenters. The lowest BCUT2D eigenvalue weighted by atomic mass is 10.0. The first kappa shape index (κ1) is 21.0. The fraction of sp³-hybridized carbons (Fsp3) is 0.208. The number of nitrogens with two attached hydrogens (primary N) is 1. The predicted molar refractivity (Wildman–Crippen MR) is 118 cm³/mol. The number of nitrogens with one attached hydrogen (secondary N) is 1. The third-order valence-electron chi connectivity index (χ3n) is 4.72. The van der Waals surface area contributed by atoms with Crippen LogP contribution in [0.15, 0.2) is 54.7 Å². The molecule has 1 heterocycles. The Kier molecular flexibility index (Phi) is 6.47. The van der Waals surface area contributed by atoms with Crippen molar-refractivity contribution in [3.05, 3.63) is 77.0 Å². The van der Waals surface area contributed by atoms with Crippen LogP contribution in [-0.2, 0) is 11.2 Å². The van der Waals surface area contributed by atoms with Crippen LogP contribution in [0.2, 0.25) is 0 Å². The van der Waals surface area contributed by atoms with Crippen LogP contribution in [0.25, 0.3) is 11.3 Å². The van der Waals surface area contributed by atoms with E-state index in [1.165, 1.54) is 0 Å². The zero-order valence-electron chi connectivity index (χ0n) is 17.4. The summed E-state index contributed by atoms with van der Waals surface area (Å²) in [5.74, 6) is -0.841. The minimum Gasteiger partial charge on any atom is -0.462 e. The van der Waals surface area contributed by atoms with Gasteiger partial charge in [0.05, 0.1) is 35.4 Å². The number of carbonyl (C=O) groups is 2. The van der Waals surface area contributed by atoms with E-state index in [0.29, 0.717) is 23.4 Å². The highest BCUT2D eigenvalue weighted by atomic mass is 16.5. The highest BCUT2D eigenvalue weighted by molar-refractivity contribution is 5.97. The van der Waals surface area contributed by atoms with Crippen LogP contribution in [0.1, 0.15) is 45.7 Å². The zero-order chi connectivity index (χ0) is 21.7. The molecule has 0 aliphatic heterocycles. The summed E-state index contributed by atoms with van der Waals surface area (Å²) in [7, 11) is 0. The Hall–Kier alpha value is -3.67. The van der Waals surface area contributed by atoms with Gasteiger partial charge in [0.2, 0.25) is 5.91 Å². The van der Waals surface area contributed by atoms with Gasteiger partial charge in [0.25, 0.3) is 0 Å². The standard InChI is InChI=1S/C24H25N3O3/c1-4-16-13-19(14-26-22(16)17-7-6-8-18(12-17)23(25)28)27-21-10-9-15(3)11-20(21)24(29)30-5-2/h6-14,27H,4-5H2,1-3H3,(H2,25,28). The Morgan fingerprint density at radius 2 is 1.90 bits per heavy atom. The number of benzene rings is 2. The summed E-state index contributed by atoms with van der Waals surface area (Å²) in [6, 6.07) is 14.7. The number of carbonyl (C=O) groups excluding carboxylic acids is 2. The fourth-order valence-corrected chi connectivity index (χ4v) is 3.23. The van der Waals surface area contributed by atoms with Gasteiger partial charge in [-0.15, -0.1) is 0 Å². The smallest absolute Gasteiger partial charge is 0.340 e. The van der Waals surface area contributed by atoms with Crippen LogP contribution >= 0.6 is 0 Å². The predicted octanol–water partition coefficient (Wildman–Crippen LogP) is 4.64. The number of hydrogen-bond donors (Lipinski definition) is 2. The quantitative estimate of drug-likeness (QED) is 0.561. The molecule has 3 N–H and O–H groups in total. The Morgan fingerprint density at radius 1 is 1.10 bits per heavy atom. The lowest BCUT2D eigenvalue weighted by Crippen LogP contribution is -2.10. The second-order valence-corrected chi connectivity index (χ2v) is 6.92. The van der Waals surface area contributed by atoms with Gasteiger partial charge in [-0.05, 0) is 56.2 Å². The molecule has 0 saturated carbocycles. The van der Waals surface area contributed by atoms with E-state index in [4.69, 9.17) is 10.5 Å². The Balaban J connectivity index is 1.96. The summed E-state index contributed by atoms with van der Waals surface area (Å²) < 4.78 is 5.18. The van der Waals surface area contributed by atoms with Crippen molar-refractivity contribution >= 4 is 23.3 Å². The monoisotopic (exact) mass is 403 g/mol. The highest BCUT2D eigenvalue weighted by Gasteiger charge is 2.14. The molecule has 0 spiro atoms. The normalized spacial score (nSPS) is 10.5. The van der Waals surface area contributed by atoms with Gasteiger partial charge < -0.3 is 15.8 Å². The number of esters is 1. The maximum Gasteiger partial charge on any atom is 0.340 e. The number of hydrogen-bond acceptors (Lipinski definition) is 5. The number of rotatable bonds is 7. The molecule has 30 heavy (non-hydrogen) atoms. The topological polar surface area (TPSA) is 94.3 Å². The SMILES string of the molecule is CCOC(=O)c1cc(C)ccc1Nc1cnc(-c2cccc(C(N)=O)c2)c(CC)c1. The Labute approximate surface area is 176 Å². The lowest BCUT2D eigenvalue weighted by molar-refractivity contribution is 0.0527. The van der Waals surface area contributed by atoms with Gasteiger partial charge in [-0.2, -0.15) is 0 Å². The summed E-state index contributed by atoms with van der Waals surface area (Å²) >= 11 is 0. The number of aryl methyl sites for hydroxylation is 2. The molecule has 1 aromatic heterocycles. The van der Waals surface area contributed by atoms with Crippen molar-refractivity contribution in [3.8, 4) is 11.3 Å². The van der Waals surface area contributed by atoms with Gasteiger partial charge in [0.15, 0.2) is 0 Å². The molecule has 0 radical (unpaired) electrons. The summed E-state index contributed by atoms with van der Waals surface area (Å²) in [5, 5.41) is 3.28. The molecule has 0 atom stereocenters. The van der Waals surface area contributed by atoms with E-state index in [9.17, 15) is 9.59 Å². The van der Waals surface area contributed by atoms with Crippen molar-refractivity contribution in [2.24, 2.45) is 5.73 Å². The largest absolute Gasteiger partial charge is 0.462 e. The Morgan fingerprint density at radius 3 is 2.60 bits per heavy atom. The van der Waals surface area contributed by atoms with Crippen molar-refractivity contribution in [1.29, 1.82) is 0 Å². The molecular formula is C24H25N3O3. The van der Waals surface area contributed by atoms with Crippen molar-refractivity contribution in [2.45, 2.75) is 27.2 Å². The molecule has 0 fully saturated rings. The molecule has 154 valence electrons. The van der Waals surface area contributed by atoms with Gasteiger partial charge in [-0.25, -0.2) is 4.79 Å². The molecule has 6 heteroatoms. The third-order valence-corrected chi connectivity index (χ3v) is 4.72. The minimum atomic E-state index is -0.473. The maximum atomic E-state index is 12.3. The Bertz CT molecular complexity index is 1090. The number of anilines is 2. The van der Waals surface area contributed by atoms with Gasteiger partial charge in [0, 0.05) is 11.1 Å². The van der Waals surface area contributed by atoms with E-state index < -0.39 is 5.91 Å². The molecule has 0 aliphatic rings. The van der Waals surface area contributed by atoms with Crippen molar-refractivity contribution < 1.29 is 14.3 Å². The first-order valence-corrected chi connectivity index (χ1v) is 9.86.